The third-order valence-electron chi connectivity index (χ3n) is 8.92. The van der Waals surface area contributed by atoms with Gasteiger partial charge in [0.15, 0.2) is 8.32 Å². The SMILES string of the molecule is C[C@H]1[C@H]([Si](C)(C)O)[C@@H](CC(=O)N2Cc3ccccc3C[C@H]2CO)O[C@H]1CCc1cccc(NC(=O)c2ccccc2)c1. The molecule has 0 spiro atoms. The van der Waals surface area contributed by atoms with Gasteiger partial charge in [-0.05, 0) is 79.2 Å². The van der Waals surface area contributed by atoms with Gasteiger partial charge in [0.25, 0.3) is 5.91 Å². The van der Waals surface area contributed by atoms with E-state index < -0.39 is 8.32 Å². The van der Waals surface area contributed by atoms with Gasteiger partial charge in [0.2, 0.25) is 5.91 Å². The fourth-order valence-corrected chi connectivity index (χ4v) is 9.45. The number of hydrogen-bond donors (Lipinski definition) is 3. The smallest absolute Gasteiger partial charge is 0.255 e. The minimum Gasteiger partial charge on any atom is -0.432 e. The van der Waals surface area contributed by atoms with E-state index in [1.807, 2.05) is 73.8 Å². The number of ether oxygens (including phenoxy) is 1. The van der Waals surface area contributed by atoms with Gasteiger partial charge < -0.3 is 24.9 Å². The molecule has 0 bridgehead atoms. The average molecular weight is 587 g/mol. The van der Waals surface area contributed by atoms with Crippen molar-refractivity contribution in [2.24, 2.45) is 5.92 Å². The Balaban J connectivity index is 1.24. The van der Waals surface area contributed by atoms with E-state index >= 15 is 0 Å². The third kappa shape index (κ3) is 6.84. The molecule has 5 rings (SSSR count). The van der Waals surface area contributed by atoms with Crippen molar-refractivity contribution in [1.82, 2.24) is 4.90 Å². The van der Waals surface area contributed by atoms with E-state index in [-0.39, 0.29) is 54.6 Å². The van der Waals surface area contributed by atoms with Crippen molar-refractivity contribution in [3.8, 4) is 0 Å². The van der Waals surface area contributed by atoms with Crippen LogP contribution in [-0.2, 0) is 28.9 Å². The normalized spacial score (nSPS) is 23.8. The van der Waals surface area contributed by atoms with Gasteiger partial charge in [0, 0.05) is 23.3 Å². The standard InChI is InChI=1S/C34H42N2O5Si/c1-23-30(17-16-24-10-9-15-28(18-24)35-34(39)25-11-5-4-6-12-25)41-31(33(23)42(2,3)40)20-32(38)36-21-27-14-8-7-13-26(27)19-29(36)22-37/h4-15,18,23,29-31,33,37,40H,16-17,19-22H2,1-3H3,(H,35,39)/t23-,29+,30+,31-,33+/m1/s1. The van der Waals surface area contributed by atoms with Gasteiger partial charge >= 0.3 is 0 Å². The molecule has 2 heterocycles. The number of carbonyl (C=O) groups excluding carboxylic acids is 2. The number of nitrogens with one attached hydrogen (secondary N) is 1. The van der Waals surface area contributed by atoms with Gasteiger partial charge in [-0.15, -0.1) is 0 Å². The zero-order valence-corrected chi connectivity index (χ0v) is 25.7. The molecule has 2 aliphatic rings. The number of benzene rings is 3. The predicted octanol–water partition coefficient (Wildman–Crippen LogP) is 5.18. The summed E-state index contributed by atoms with van der Waals surface area (Å²) in [4.78, 5) is 39.3. The van der Waals surface area contributed by atoms with Gasteiger partial charge in [0.05, 0.1) is 31.3 Å². The number of fused-ring (bicyclic) bond motifs is 1. The Labute approximate surface area is 249 Å². The third-order valence-corrected chi connectivity index (χ3v) is 11.4. The van der Waals surface area contributed by atoms with Crippen LogP contribution in [-0.4, -0.2) is 59.8 Å². The number of aliphatic hydroxyl groups is 1. The first kappa shape index (κ1) is 30.2. The molecule has 0 saturated carbocycles. The van der Waals surface area contributed by atoms with E-state index in [0.29, 0.717) is 18.5 Å². The molecular formula is C34H42N2O5Si. The summed E-state index contributed by atoms with van der Waals surface area (Å²) in [6, 6.07) is 24.8. The monoisotopic (exact) mass is 586 g/mol. The summed E-state index contributed by atoms with van der Waals surface area (Å²) in [7, 11) is -2.65. The molecule has 7 nitrogen and oxygen atoms in total. The highest BCUT2D eigenvalue weighted by molar-refractivity contribution is 6.71. The molecule has 1 saturated heterocycles. The number of aryl methyl sites for hydroxylation is 1. The number of amides is 2. The van der Waals surface area contributed by atoms with Crippen molar-refractivity contribution in [3.63, 3.8) is 0 Å². The number of rotatable bonds is 9. The molecule has 3 aromatic rings. The number of anilines is 1. The Morgan fingerprint density at radius 3 is 2.40 bits per heavy atom. The second-order valence-corrected chi connectivity index (χ2v) is 16.3. The summed E-state index contributed by atoms with van der Waals surface area (Å²) in [5.41, 5.74) is 4.66. The van der Waals surface area contributed by atoms with E-state index in [1.54, 1.807) is 17.0 Å². The Morgan fingerprint density at radius 2 is 1.69 bits per heavy atom. The fourth-order valence-electron chi connectivity index (χ4n) is 6.85. The van der Waals surface area contributed by atoms with Gasteiger partial charge in [-0.3, -0.25) is 9.59 Å². The molecule has 42 heavy (non-hydrogen) atoms. The first-order valence-corrected chi connectivity index (χ1v) is 18.0. The second kappa shape index (κ2) is 12.9. The fraction of sp³-hybridized carbons (Fsp3) is 0.412. The maximum atomic E-state index is 13.7. The maximum absolute atomic E-state index is 13.7. The summed E-state index contributed by atoms with van der Waals surface area (Å²) in [5, 5.41) is 13.1. The molecule has 0 aliphatic carbocycles. The van der Waals surface area contributed by atoms with Crippen LogP contribution in [0.3, 0.4) is 0 Å². The van der Waals surface area contributed by atoms with Crippen LogP contribution in [0.2, 0.25) is 18.6 Å². The lowest BCUT2D eigenvalue weighted by Crippen LogP contribution is -2.48. The highest BCUT2D eigenvalue weighted by atomic mass is 28.4. The second-order valence-electron chi connectivity index (χ2n) is 12.3. The Morgan fingerprint density at radius 1 is 0.976 bits per heavy atom. The lowest BCUT2D eigenvalue weighted by molar-refractivity contribution is -0.138. The van der Waals surface area contributed by atoms with Crippen LogP contribution in [0.5, 0.6) is 0 Å². The molecule has 3 aromatic carbocycles. The van der Waals surface area contributed by atoms with Crippen LogP contribution in [0.4, 0.5) is 5.69 Å². The number of aliphatic hydroxyl groups excluding tert-OH is 1. The highest BCUT2D eigenvalue weighted by Gasteiger charge is 2.50. The van der Waals surface area contributed by atoms with Crippen LogP contribution in [0, 0.1) is 5.92 Å². The van der Waals surface area contributed by atoms with E-state index in [9.17, 15) is 19.5 Å². The number of nitrogens with zero attached hydrogens (tertiary/aromatic N) is 1. The Kier molecular flexibility index (Phi) is 9.28. The summed E-state index contributed by atoms with van der Waals surface area (Å²) in [5.74, 6) is -0.0794. The summed E-state index contributed by atoms with van der Waals surface area (Å²) in [6.45, 7) is 6.40. The zero-order valence-electron chi connectivity index (χ0n) is 24.7. The number of carbonyl (C=O) groups is 2. The van der Waals surface area contributed by atoms with E-state index in [1.165, 1.54) is 5.56 Å². The molecule has 8 heteroatoms. The number of hydrogen-bond acceptors (Lipinski definition) is 5. The van der Waals surface area contributed by atoms with Crippen LogP contribution >= 0.6 is 0 Å². The van der Waals surface area contributed by atoms with Gasteiger partial charge in [-0.25, -0.2) is 0 Å². The lowest BCUT2D eigenvalue weighted by Gasteiger charge is -2.37. The van der Waals surface area contributed by atoms with Gasteiger partial charge in [-0.1, -0.05) is 61.5 Å². The summed E-state index contributed by atoms with van der Waals surface area (Å²) in [6.07, 6.45) is 1.88. The maximum Gasteiger partial charge on any atom is 0.255 e. The van der Waals surface area contributed by atoms with Crippen molar-refractivity contribution < 1.29 is 24.2 Å². The van der Waals surface area contributed by atoms with E-state index in [2.05, 4.69) is 18.3 Å². The first-order chi connectivity index (χ1) is 20.1. The Hall–Kier alpha value is -3.30. The van der Waals surface area contributed by atoms with Gasteiger partial charge in [-0.2, -0.15) is 0 Å². The minimum absolute atomic E-state index is 0.0356. The van der Waals surface area contributed by atoms with E-state index in [0.717, 1.165) is 29.7 Å². The average Bonchev–Trinajstić information content (AvgIpc) is 3.30. The molecule has 3 N–H and O–H groups in total. The van der Waals surface area contributed by atoms with Crippen molar-refractivity contribution in [2.75, 3.05) is 11.9 Å². The Bertz CT molecular complexity index is 1390. The zero-order chi connectivity index (χ0) is 29.9. The van der Waals surface area contributed by atoms with Crippen molar-refractivity contribution in [3.05, 3.63) is 101 Å². The molecule has 1 fully saturated rings. The van der Waals surface area contributed by atoms with Crippen molar-refractivity contribution in [2.45, 2.75) is 76.0 Å². The largest absolute Gasteiger partial charge is 0.432 e. The van der Waals surface area contributed by atoms with Crippen LogP contribution in [0.25, 0.3) is 0 Å². The highest BCUT2D eigenvalue weighted by Crippen LogP contribution is 2.46. The van der Waals surface area contributed by atoms with Crippen LogP contribution in [0.15, 0.2) is 78.9 Å². The lowest BCUT2D eigenvalue weighted by atomic mass is 9.93. The topological polar surface area (TPSA) is 99.1 Å². The van der Waals surface area contributed by atoms with Crippen LogP contribution < -0.4 is 5.32 Å². The quantitative estimate of drug-likeness (QED) is 0.300. The molecule has 0 aromatic heterocycles. The van der Waals surface area contributed by atoms with Crippen molar-refractivity contribution >= 4 is 25.8 Å². The minimum atomic E-state index is -2.65. The summed E-state index contributed by atoms with van der Waals surface area (Å²) < 4.78 is 6.58. The van der Waals surface area contributed by atoms with E-state index in [4.69, 9.17) is 4.74 Å². The van der Waals surface area contributed by atoms with Crippen molar-refractivity contribution in [1.29, 1.82) is 0 Å². The van der Waals surface area contributed by atoms with Crippen LogP contribution in [0.1, 0.15) is 46.8 Å². The van der Waals surface area contributed by atoms with Gasteiger partial charge in [0.1, 0.15) is 0 Å². The molecular weight excluding hydrogens is 544 g/mol. The molecule has 222 valence electrons. The molecule has 2 amide bonds. The predicted molar refractivity (Wildman–Crippen MR) is 167 cm³/mol. The molecule has 2 aliphatic heterocycles. The summed E-state index contributed by atoms with van der Waals surface area (Å²) >= 11 is 0. The molecule has 0 unspecified atom stereocenters. The molecule has 0 radical (unpaired) electrons. The molecule has 5 atom stereocenters. The first-order valence-electron chi connectivity index (χ1n) is 14.9.